The molecular formula is C13H20N4O. The van der Waals surface area contributed by atoms with E-state index in [0.717, 1.165) is 18.5 Å². The molecule has 18 heavy (non-hydrogen) atoms. The molecule has 1 fully saturated rings. The van der Waals surface area contributed by atoms with Crippen LogP contribution in [0.5, 0.6) is 0 Å². The van der Waals surface area contributed by atoms with Crippen molar-refractivity contribution < 1.29 is 4.79 Å². The number of amides is 1. The Morgan fingerprint density at radius 1 is 1.56 bits per heavy atom. The van der Waals surface area contributed by atoms with Gasteiger partial charge in [-0.3, -0.25) is 9.78 Å². The molecule has 5 nitrogen and oxygen atoms in total. The number of carbonyl (C=O) groups is 1. The number of aromatic nitrogens is 1. The predicted octanol–water partition coefficient (Wildman–Crippen LogP) is 1.21. The summed E-state index contributed by atoms with van der Waals surface area (Å²) in [5, 5.41) is 2.84. The summed E-state index contributed by atoms with van der Waals surface area (Å²) in [5.41, 5.74) is 7.60. The standard InChI is InChI=1S/C13H20N4O/c1-17(2)11-5-10(7-15-8-11)16-13(18)6-12(14)9-3-4-9/h5,7-9,12H,3-4,6,14H2,1-2H3,(H,16,18). The highest BCUT2D eigenvalue weighted by molar-refractivity contribution is 5.91. The highest BCUT2D eigenvalue weighted by Gasteiger charge is 2.29. The van der Waals surface area contributed by atoms with E-state index in [2.05, 4.69) is 10.3 Å². The largest absolute Gasteiger partial charge is 0.376 e. The Balaban J connectivity index is 1.91. The van der Waals surface area contributed by atoms with Crippen LogP contribution in [0, 0.1) is 5.92 Å². The minimum absolute atomic E-state index is 0.00464. The Morgan fingerprint density at radius 3 is 2.89 bits per heavy atom. The van der Waals surface area contributed by atoms with E-state index in [1.165, 1.54) is 0 Å². The van der Waals surface area contributed by atoms with E-state index in [-0.39, 0.29) is 11.9 Å². The topological polar surface area (TPSA) is 71.2 Å². The second-order valence-electron chi connectivity index (χ2n) is 5.08. The predicted molar refractivity (Wildman–Crippen MR) is 72.5 cm³/mol. The maximum Gasteiger partial charge on any atom is 0.225 e. The monoisotopic (exact) mass is 248 g/mol. The SMILES string of the molecule is CN(C)c1cncc(NC(=O)CC(N)C2CC2)c1. The Morgan fingerprint density at radius 2 is 2.28 bits per heavy atom. The number of carbonyl (C=O) groups excluding carboxylic acids is 1. The molecule has 2 rings (SSSR count). The van der Waals surface area contributed by atoms with Crippen LogP contribution in [0.4, 0.5) is 11.4 Å². The zero-order chi connectivity index (χ0) is 13.1. The van der Waals surface area contributed by atoms with Crippen LogP contribution in [-0.2, 0) is 4.79 Å². The first-order valence-electron chi connectivity index (χ1n) is 6.24. The van der Waals surface area contributed by atoms with Gasteiger partial charge in [0.1, 0.15) is 0 Å². The average molecular weight is 248 g/mol. The van der Waals surface area contributed by atoms with Gasteiger partial charge in [-0.25, -0.2) is 0 Å². The van der Waals surface area contributed by atoms with Gasteiger partial charge >= 0.3 is 0 Å². The first-order chi connectivity index (χ1) is 8.56. The van der Waals surface area contributed by atoms with Crippen LogP contribution in [0.3, 0.4) is 0 Å². The molecule has 1 aromatic rings. The van der Waals surface area contributed by atoms with Crippen molar-refractivity contribution in [2.45, 2.75) is 25.3 Å². The second kappa shape index (κ2) is 5.35. The van der Waals surface area contributed by atoms with Crippen molar-refractivity contribution in [3.63, 3.8) is 0 Å². The fourth-order valence-electron chi connectivity index (χ4n) is 1.86. The molecule has 1 unspecified atom stereocenters. The maximum atomic E-state index is 11.8. The summed E-state index contributed by atoms with van der Waals surface area (Å²) in [5.74, 6) is 0.508. The lowest BCUT2D eigenvalue weighted by molar-refractivity contribution is -0.116. The van der Waals surface area contributed by atoms with Crippen LogP contribution in [-0.4, -0.2) is 31.0 Å². The number of nitrogens with two attached hydrogens (primary N) is 1. The number of hydrogen-bond donors (Lipinski definition) is 2. The van der Waals surface area contributed by atoms with Crippen molar-refractivity contribution in [3.05, 3.63) is 18.5 Å². The third-order valence-electron chi connectivity index (χ3n) is 3.17. The molecule has 3 N–H and O–H groups in total. The Labute approximate surface area is 107 Å². The number of rotatable bonds is 5. The summed E-state index contributed by atoms with van der Waals surface area (Å²) in [6.45, 7) is 0. The molecular weight excluding hydrogens is 228 g/mol. The Kier molecular flexibility index (Phi) is 3.81. The van der Waals surface area contributed by atoms with Gasteiger partial charge < -0.3 is 16.0 Å². The molecule has 1 atom stereocenters. The summed E-state index contributed by atoms with van der Waals surface area (Å²) in [6.07, 6.45) is 6.11. The lowest BCUT2D eigenvalue weighted by Gasteiger charge is -2.14. The highest BCUT2D eigenvalue weighted by Crippen LogP contribution is 2.32. The normalized spacial score (nSPS) is 16.2. The van der Waals surface area contributed by atoms with E-state index in [4.69, 9.17) is 5.73 Å². The van der Waals surface area contributed by atoms with Crippen molar-refractivity contribution in [2.75, 3.05) is 24.3 Å². The van der Waals surface area contributed by atoms with Gasteiger partial charge in [0.15, 0.2) is 0 Å². The van der Waals surface area contributed by atoms with Crippen LogP contribution in [0.15, 0.2) is 18.5 Å². The van der Waals surface area contributed by atoms with Gasteiger partial charge in [-0.1, -0.05) is 0 Å². The fraction of sp³-hybridized carbons (Fsp3) is 0.538. The number of nitrogens with zero attached hydrogens (tertiary/aromatic N) is 2. The Bertz CT molecular complexity index is 429. The Hall–Kier alpha value is -1.62. The zero-order valence-electron chi connectivity index (χ0n) is 10.9. The first kappa shape index (κ1) is 12.8. The third-order valence-corrected chi connectivity index (χ3v) is 3.17. The minimum Gasteiger partial charge on any atom is -0.376 e. The van der Waals surface area contributed by atoms with Crippen LogP contribution in [0.2, 0.25) is 0 Å². The van der Waals surface area contributed by atoms with Gasteiger partial charge in [-0.2, -0.15) is 0 Å². The molecule has 1 heterocycles. The number of pyridine rings is 1. The van der Waals surface area contributed by atoms with Crippen molar-refractivity contribution in [1.82, 2.24) is 4.98 Å². The van der Waals surface area contributed by atoms with E-state index in [1.54, 1.807) is 12.4 Å². The second-order valence-corrected chi connectivity index (χ2v) is 5.08. The number of anilines is 2. The molecule has 0 bridgehead atoms. The van der Waals surface area contributed by atoms with Gasteiger partial charge in [0, 0.05) is 26.6 Å². The summed E-state index contributed by atoms with van der Waals surface area (Å²) in [4.78, 5) is 17.8. The van der Waals surface area contributed by atoms with E-state index in [1.807, 2.05) is 25.1 Å². The minimum atomic E-state index is -0.0351. The molecule has 0 radical (unpaired) electrons. The smallest absolute Gasteiger partial charge is 0.225 e. The molecule has 0 aromatic carbocycles. The molecule has 1 saturated carbocycles. The first-order valence-corrected chi connectivity index (χ1v) is 6.24. The van der Waals surface area contributed by atoms with E-state index < -0.39 is 0 Å². The van der Waals surface area contributed by atoms with Crippen LogP contribution in [0.1, 0.15) is 19.3 Å². The molecule has 1 amide bonds. The van der Waals surface area contributed by atoms with Crippen LogP contribution >= 0.6 is 0 Å². The highest BCUT2D eigenvalue weighted by atomic mass is 16.1. The fourth-order valence-corrected chi connectivity index (χ4v) is 1.86. The molecule has 0 saturated heterocycles. The molecule has 0 aliphatic heterocycles. The lowest BCUT2D eigenvalue weighted by Crippen LogP contribution is -2.28. The summed E-state index contributed by atoms with van der Waals surface area (Å²) >= 11 is 0. The van der Waals surface area contributed by atoms with Crippen molar-refractivity contribution in [3.8, 4) is 0 Å². The quantitative estimate of drug-likeness (QED) is 0.821. The molecule has 0 spiro atoms. The van der Waals surface area contributed by atoms with Gasteiger partial charge in [0.05, 0.1) is 23.8 Å². The molecule has 1 aliphatic carbocycles. The summed E-state index contributed by atoms with van der Waals surface area (Å²) in [7, 11) is 3.87. The van der Waals surface area contributed by atoms with Gasteiger partial charge in [0.25, 0.3) is 0 Å². The lowest BCUT2D eigenvalue weighted by atomic mass is 10.1. The van der Waals surface area contributed by atoms with E-state index >= 15 is 0 Å². The summed E-state index contributed by atoms with van der Waals surface area (Å²) < 4.78 is 0. The van der Waals surface area contributed by atoms with E-state index in [0.29, 0.717) is 18.0 Å². The number of nitrogens with one attached hydrogen (secondary N) is 1. The zero-order valence-corrected chi connectivity index (χ0v) is 10.9. The molecule has 98 valence electrons. The molecule has 1 aromatic heterocycles. The third kappa shape index (κ3) is 3.43. The summed E-state index contributed by atoms with van der Waals surface area (Å²) in [6, 6.07) is 1.89. The van der Waals surface area contributed by atoms with Crippen LogP contribution < -0.4 is 16.0 Å². The van der Waals surface area contributed by atoms with Crippen molar-refractivity contribution >= 4 is 17.3 Å². The van der Waals surface area contributed by atoms with Gasteiger partial charge in [-0.05, 0) is 24.8 Å². The number of hydrogen-bond acceptors (Lipinski definition) is 4. The van der Waals surface area contributed by atoms with E-state index in [9.17, 15) is 4.79 Å². The molecule has 1 aliphatic rings. The van der Waals surface area contributed by atoms with Gasteiger partial charge in [0.2, 0.25) is 5.91 Å². The molecule has 5 heteroatoms. The van der Waals surface area contributed by atoms with Crippen molar-refractivity contribution in [1.29, 1.82) is 0 Å². The van der Waals surface area contributed by atoms with Gasteiger partial charge in [-0.15, -0.1) is 0 Å². The average Bonchev–Trinajstić information content (AvgIpc) is 3.12. The maximum absolute atomic E-state index is 11.8. The van der Waals surface area contributed by atoms with Crippen LogP contribution in [0.25, 0.3) is 0 Å². The van der Waals surface area contributed by atoms with Crippen molar-refractivity contribution in [2.24, 2.45) is 11.7 Å².